The maximum absolute atomic E-state index is 8.91. The van der Waals surface area contributed by atoms with Gasteiger partial charge in [-0.3, -0.25) is 0 Å². The lowest BCUT2D eigenvalue weighted by Crippen LogP contribution is -2.41. The molecule has 3 N–H and O–H groups in total. The van der Waals surface area contributed by atoms with Crippen LogP contribution in [0, 0.1) is 11.3 Å². The highest BCUT2D eigenvalue weighted by molar-refractivity contribution is 5.69. The van der Waals surface area contributed by atoms with E-state index in [4.69, 9.17) is 15.7 Å². The predicted octanol–water partition coefficient (Wildman–Crippen LogP) is 1.51. The van der Waals surface area contributed by atoms with Gasteiger partial charge in [0.2, 0.25) is 0 Å². The maximum Gasteiger partial charge on any atom is 0.151 e. The first-order chi connectivity index (χ1) is 8.07. The highest BCUT2D eigenvalue weighted by atomic mass is 16.5. The minimum Gasteiger partial charge on any atom is -0.395 e. The van der Waals surface area contributed by atoms with Crippen LogP contribution in [0.3, 0.4) is 0 Å². The highest BCUT2D eigenvalue weighted by Crippen LogP contribution is 2.31. The number of nitrogens with one attached hydrogen (secondary N) is 1. The van der Waals surface area contributed by atoms with Gasteiger partial charge in [0.25, 0.3) is 0 Å². The lowest BCUT2D eigenvalue weighted by Gasteiger charge is -2.30. The molecule has 5 heteroatoms. The van der Waals surface area contributed by atoms with Crippen LogP contribution in [-0.4, -0.2) is 23.2 Å². The van der Waals surface area contributed by atoms with Crippen LogP contribution in [0.5, 0.6) is 0 Å². The van der Waals surface area contributed by atoms with E-state index in [-0.39, 0.29) is 11.6 Å². The number of pyridine rings is 1. The van der Waals surface area contributed by atoms with E-state index in [1.807, 2.05) is 13.0 Å². The molecule has 0 spiro atoms. The average molecular weight is 232 g/mol. The number of ether oxygens (including phenoxy) is 1. The van der Waals surface area contributed by atoms with Crippen LogP contribution in [0.2, 0.25) is 0 Å². The number of hydrogen-bond donors (Lipinski definition) is 2. The van der Waals surface area contributed by atoms with E-state index in [2.05, 4.69) is 17.2 Å². The van der Waals surface area contributed by atoms with Crippen molar-refractivity contribution >= 4 is 11.5 Å². The van der Waals surface area contributed by atoms with Crippen molar-refractivity contribution < 1.29 is 4.74 Å². The third-order valence-corrected chi connectivity index (χ3v) is 3.40. The number of nitrogens with zero attached hydrogens (tertiary/aromatic N) is 2. The van der Waals surface area contributed by atoms with Crippen molar-refractivity contribution in [3.8, 4) is 6.07 Å². The Kier molecular flexibility index (Phi) is 2.90. The molecular weight excluding hydrogens is 216 g/mol. The van der Waals surface area contributed by atoms with E-state index < -0.39 is 0 Å². The summed E-state index contributed by atoms with van der Waals surface area (Å²) in [6.07, 6.45) is 2.57. The Morgan fingerprint density at radius 1 is 1.71 bits per heavy atom. The Hall–Kier alpha value is -1.80. The van der Waals surface area contributed by atoms with Crippen LogP contribution >= 0.6 is 0 Å². The van der Waals surface area contributed by atoms with E-state index in [0.29, 0.717) is 17.1 Å². The molecule has 0 amide bonds. The number of anilines is 2. The Labute approximate surface area is 101 Å². The van der Waals surface area contributed by atoms with Gasteiger partial charge in [-0.05, 0) is 26.3 Å². The molecule has 1 aromatic rings. The number of nitrogen functional groups attached to an aromatic ring is 1. The van der Waals surface area contributed by atoms with Gasteiger partial charge in [0.15, 0.2) is 5.82 Å². The van der Waals surface area contributed by atoms with E-state index in [0.717, 1.165) is 13.0 Å². The molecule has 17 heavy (non-hydrogen) atoms. The Balaban J connectivity index is 2.28. The molecular formula is C12H16N4O. The third kappa shape index (κ3) is 2.04. The van der Waals surface area contributed by atoms with Gasteiger partial charge >= 0.3 is 0 Å². The maximum atomic E-state index is 8.91. The van der Waals surface area contributed by atoms with Crippen LogP contribution in [0.15, 0.2) is 12.3 Å². The van der Waals surface area contributed by atoms with E-state index in [9.17, 15) is 0 Å². The summed E-state index contributed by atoms with van der Waals surface area (Å²) in [7, 11) is 0. The molecule has 0 radical (unpaired) electrons. The van der Waals surface area contributed by atoms with Gasteiger partial charge < -0.3 is 15.8 Å². The fourth-order valence-corrected chi connectivity index (χ4v) is 1.94. The van der Waals surface area contributed by atoms with Crippen LogP contribution < -0.4 is 11.1 Å². The molecule has 1 saturated heterocycles. The summed E-state index contributed by atoms with van der Waals surface area (Å²) in [6, 6.07) is 3.66. The van der Waals surface area contributed by atoms with Crippen molar-refractivity contribution in [1.82, 2.24) is 4.98 Å². The monoisotopic (exact) mass is 232 g/mol. The first-order valence-electron chi connectivity index (χ1n) is 5.61. The summed E-state index contributed by atoms with van der Waals surface area (Å²) in [6.45, 7) is 4.82. The van der Waals surface area contributed by atoms with Crippen LogP contribution in [-0.2, 0) is 4.74 Å². The summed E-state index contributed by atoms with van der Waals surface area (Å²) >= 11 is 0. The van der Waals surface area contributed by atoms with Gasteiger partial charge in [0.05, 0.1) is 22.9 Å². The van der Waals surface area contributed by atoms with E-state index >= 15 is 0 Å². The Morgan fingerprint density at radius 2 is 2.47 bits per heavy atom. The summed E-state index contributed by atoms with van der Waals surface area (Å²) in [5.41, 5.74) is 6.54. The molecule has 1 aromatic heterocycles. The highest BCUT2D eigenvalue weighted by Gasteiger charge is 2.37. The predicted molar refractivity (Wildman–Crippen MR) is 65.4 cm³/mol. The smallest absolute Gasteiger partial charge is 0.151 e. The van der Waals surface area contributed by atoms with Crippen molar-refractivity contribution in [2.75, 3.05) is 17.7 Å². The quantitative estimate of drug-likeness (QED) is 0.807. The largest absolute Gasteiger partial charge is 0.395 e. The van der Waals surface area contributed by atoms with E-state index in [1.54, 1.807) is 12.3 Å². The zero-order valence-corrected chi connectivity index (χ0v) is 10.0. The SMILES string of the molecule is CC1OCCC1(C)Nc1nccc(C#N)c1N. The minimum absolute atomic E-state index is 0.0921. The summed E-state index contributed by atoms with van der Waals surface area (Å²) in [5, 5.41) is 12.2. The van der Waals surface area contributed by atoms with Crippen LogP contribution in [0.1, 0.15) is 25.8 Å². The van der Waals surface area contributed by atoms with Gasteiger partial charge in [0.1, 0.15) is 6.07 Å². The zero-order valence-electron chi connectivity index (χ0n) is 10.0. The number of aromatic nitrogens is 1. The molecule has 0 aliphatic carbocycles. The molecule has 5 nitrogen and oxygen atoms in total. The second kappa shape index (κ2) is 4.22. The zero-order chi connectivity index (χ0) is 12.5. The first-order valence-corrected chi connectivity index (χ1v) is 5.61. The molecule has 1 aliphatic heterocycles. The van der Waals surface area contributed by atoms with E-state index in [1.165, 1.54) is 0 Å². The molecule has 0 bridgehead atoms. The molecule has 90 valence electrons. The van der Waals surface area contributed by atoms with Crippen molar-refractivity contribution in [3.63, 3.8) is 0 Å². The van der Waals surface area contributed by atoms with Gasteiger partial charge in [0, 0.05) is 12.8 Å². The average Bonchev–Trinajstić information content (AvgIpc) is 2.62. The van der Waals surface area contributed by atoms with Crippen molar-refractivity contribution in [1.29, 1.82) is 5.26 Å². The number of nitrogens with two attached hydrogens (primary N) is 1. The van der Waals surface area contributed by atoms with Crippen molar-refractivity contribution in [2.45, 2.75) is 31.9 Å². The minimum atomic E-state index is -0.185. The Bertz CT molecular complexity index is 468. The summed E-state index contributed by atoms with van der Waals surface area (Å²) in [4.78, 5) is 4.19. The van der Waals surface area contributed by atoms with Gasteiger partial charge in [-0.15, -0.1) is 0 Å². The molecule has 2 unspecified atom stereocenters. The normalized spacial score (nSPS) is 27.7. The van der Waals surface area contributed by atoms with Crippen LogP contribution in [0.25, 0.3) is 0 Å². The van der Waals surface area contributed by atoms with Gasteiger partial charge in [-0.2, -0.15) is 5.26 Å². The standard InChI is InChI=1S/C12H16N4O/c1-8-12(2,4-6-17-8)16-11-10(14)9(7-13)3-5-15-11/h3,5,8H,4,6,14H2,1-2H3,(H,15,16). The van der Waals surface area contributed by atoms with Crippen molar-refractivity contribution in [3.05, 3.63) is 17.8 Å². The molecule has 0 aromatic carbocycles. The van der Waals surface area contributed by atoms with Crippen molar-refractivity contribution in [2.24, 2.45) is 0 Å². The molecule has 2 heterocycles. The lowest BCUT2D eigenvalue weighted by molar-refractivity contribution is 0.105. The summed E-state index contributed by atoms with van der Waals surface area (Å²) < 4.78 is 5.54. The first kappa shape index (κ1) is 11.7. The van der Waals surface area contributed by atoms with Gasteiger partial charge in [-0.25, -0.2) is 4.98 Å². The number of hydrogen-bond acceptors (Lipinski definition) is 5. The van der Waals surface area contributed by atoms with Gasteiger partial charge in [-0.1, -0.05) is 0 Å². The molecule has 2 rings (SSSR count). The molecule has 1 fully saturated rings. The third-order valence-electron chi connectivity index (χ3n) is 3.40. The topological polar surface area (TPSA) is 84.0 Å². The Morgan fingerprint density at radius 3 is 3.06 bits per heavy atom. The summed E-state index contributed by atoms with van der Waals surface area (Å²) in [5.74, 6) is 0.559. The molecule has 2 atom stereocenters. The molecule has 0 saturated carbocycles. The second-order valence-electron chi connectivity index (χ2n) is 4.54. The lowest BCUT2D eigenvalue weighted by atomic mass is 9.94. The fourth-order valence-electron chi connectivity index (χ4n) is 1.94. The molecule has 1 aliphatic rings. The second-order valence-corrected chi connectivity index (χ2v) is 4.54. The van der Waals surface area contributed by atoms with Crippen LogP contribution in [0.4, 0.5) is 11.5 Å². The number of nitriles is 1. The fraction of sp³-hybridized carbons (Fsp3) is 0.500. The number of rotatable bonds is 2.